The molecule has 0 aromatic heterocycles. The molecular formula is C14H23ClN2. The molecule has 0 saturated heterocycles. The smallest absolute Gasteiger partial charge is 0.0642 e. The molecule has 1 aromatic rings. The zero-order valence-electron chi connectivity index (χ0n) is 11.2. The molecule has 0 radical (unpaired) electrons. The summed E-state index contributed by atoms with van der Waals surface area (Å²) in [5.41, 5.74) is 3.50. The lowest BCUT2D eigenvalue weighted by atomic mass is 10.1. The Bertz CT molecular complexity index is 340. The van der Waals surface area contributed by atoms with Crippen molar-refractivity contribution in [1.29, 1.82) is 0 Å². The molecule has 0 bridgehead atoms. The molecule has 0 fully saturated rings. The Morgan fingerprint density at radius 3 is 2.47 bits per heavy atom. The molecule has 0 spiro atoms. The van der Waals surface area contributed by atoms with Crippen molar-refractivity contribution in [2.24, 2.45) is 5.92 Å². The number of anilines is 1. The Hall–Kier alpha value is -0.730. The van der Waals surface area contributed by atoms with Gasteiger partial charge in [-0.25, -0.2) is 0 Å². The zero-order chi connectivity index (χ0) is 12.8. The molecule has 0 heterocycles. The SMILES string of the molecule is CCC(CNC)CNc1c(C)cc(C)cc1Cl. The first-order chi connectivity index (χ1) is 8.08. The van der Waals surface area contributed by atoms with E-state index in [2.05, 4.69) is 37.5 Å². The lowest BCUT2D eigenvalue weighted by Gasteiger charge is -2.18. The van der Waals surface area contributed by atoms with Gasteiger partial charge in [-0.15, -0.1) is 0 Å². The van der Waals surface area contributed by atoms with Crippen molar-refractivity contribution in [3.05, 3.63) is 28.3 Å². The van der Waals surface area contributed by atoms with Crippen molar-refractivity contribution in [1.82, 2.24) is 5.32 Å². The van der Waals surface area contributed by atoms with E-state index in [1.807, 2.05) is 13.1 Å². The molecule has 0 saturated carbocycles. The van der Waals surface area contributed by atoms with Gasteiger partial charge in [-0.05, 0) is 50.6 Å². The summed E-state index contributed by atoms with van der Waals surface area (Å²) in [5.74, 6) is 0.636. The first-order valence-corrected chi connectivity index (χ1v) is 6.61. The molecule has 17 heavy (non-hydrogen) atoms. The summed E-state index contributed by atoms with van der Waals surface area (Å²) in [4.78, 5) is 0. The van der Waals surface area contributed by atoms with E-state index in [1.165, 1.54) is 11.1 Å². The molecule has 0 amide bonds. The number of hydrogen-bond acceptors (Lipinski definition) is 2. The van der Waals surface area contributed by atoms with E-state index in [4.69, 9.17) is 11.6 Å². The van der Waals surface area contributed by atoms with Gasteiger partial charge in [0, 0.05) is 6.54 Å². The maximum atomic E-state index is 6.26. The van der Waals surface area contributed by atoms with Crippen LogP contribution in [0.1, 0.15) is 24.5 Å². The third-order valence-corrected chi connectivity index (χ3v) is 3.37. The molecule has 2 nitrogen and oxygen atoms in total. The Kier molecular flexibility index (Phi) is 5.79. The van der Waals surface area contributed by atoms with Gasteiger partial charge in [0.1, 0.15) is 0 Å². The van der Waals surface area contributed by atoms with Crippen LogP contribution in [0.2, 0.25) is 5.02 Å². The topological polar surface area (TPSA) is 24.1 Å². The van der Waals surface area contributed by atoms with Crippen molar-refractivity contribution >= 4 is 17.3 Å². The van der Waals surface area contributed by atoms with Crippen molar-refractivity contribution in [3.8, 4) is 0 Å². The first kappa shape index (κ1) is 14.3. The third kappa shape index (κ3) is 4.21. The largest absolute Gasteiger partial charge is 0.383 e. The van der Waals surface area contributed by atoms with E-state index in [-0.39, 0.29) is 0 Å². The normalized spacial score (nSPS) is 12.5. The summed E-state index contributed by atoms with van der Waals surface area (Å²) in [6, 6.07) is 4.17. The van der Waals surface area contributed by atoms with E-state index < -0.39 is 0 Å². The summed E-state index contributed by atoms with van der Waals surface area (Å²) in [6.45, 7) is 8.37. The van der Waals surface area contributed by atoms with E-state index >= 15 is 0 Å². The van der Waals surface area contributed by atoms with Crippen LogP contribution >= 0.6 is 11.6 Å². The highest BCUT2D eigenvalue weighted by molar-refractivity contribution is 6.33. The third-order valence-electron chi connectivity index (χ3n) is 3.07. The second-order valence-corrected chi connectivity index (χ2v) is 5.06. The van der Waals surface area contributed by atoms with Crippen LogP contribution in [0.15, 0.2) is 12.1 Å². The summed E-state index contributed by atoms with van der Waals surface area (Å²) >= 11 is 6.26. The van der Waals surface area contributed by atoms with Crippen LogP contribution in [-0.4, -0.2) is 20.1 Å². The van der Waals surface area contributed by atoms with Gasteiger partial charge in [-0.3, -0.25) is 0 Å². The Balaban J connectivity index is 2.68. The predicted molar refractivity (Wildman–Crippen MR) is 77.1 cm³/mol. The number of benzene rings is 1. The van der Waals surface area contributed by atoms with Gasteiger partial charge in [0.25, 0.3) is 0 Å². The molecule has 1 rings (SSSR count). The first-order valence-electron chi connectivity index (χ1n) is 6.23. The number of hydrogen-bond donors (Lipinski definition) is 2. The van der Waals surface area contributed by atoms with Gasteiger partial charge in [0.15, 0.2) is 0 Å². The molecule has 2 N–H and O–H groups in total. The quantitative estimate of drug-likeness (QED) is 0.810. The Morgan fingerprint density at radius 2 is 1.94 bits per heavy atom. The summed E-state index contributed by atoms with van der Waals surface area (Å²) in [7, 11) is 1.99. The number of rotatable bonds is 6. The van der Waals surface area contributed by atoms with E-state index in [0.717, 1.165) is 30.2 Å². The van der Waals surface area contributed by atoms with Crippen LogP contribution in [0.4, 0.5) is 5.69 Å². The molecule has 96 valence electrons. The van der Waals surface area contributed by atoms with Gasteiger partial charge in [-0.1, -0.05) is 31.0 Å². The van der Waals surface area contributed by atoms with Gasteiger partial charge in [0.2, 0.25) is 0 Å². The highest BCUT2D eigenvalue weighted by Gasteiger charge is 2.08. The zero-order valence-corrected chi connectivity index (χ0v) is 12.0. The molecular weight excluding hydrogens is 232 g/mol. The molecule has 3 heteroatoms. The highest BCUT2D eigenvalue weighted by Crippen LogP contribution is 2.27. The number of halogens is 1. The lowest BCUT2D eigenvalue weighted by Crippen LogP contribution is -2.25. The number of nitrogens with one attached hydrogen (secondary N) is 2. The predicted octanol–water partition coefficient (Wildman–Crippen LogP) is 3.61. The van der Waals surface area contributed by atoms with Gasteiger partial charge in [0.05, 0.1) is 10.7 Å². The van der Waals surface area contributed by atoms with Crippen LogP contribution in [0.25, 0.3) is 0 Å². The van der Waals surface area contributed by atoms with Crippen molar-refractivity contribution in [2.75, 3.05) is 25.5 Å². The molecule has 1 unspecified atom stereocenters. The van der Waals surface area contributed by atoms with Crippen molar-refractivity contribution in [2.45, 2.75) is 27.2 Å². The van der Waals surface area contributed by atoms with Crippen LogP contribution in [0.5, 0.6) is 0 Å². The second-order valence-electron chi connectivity index (χ2n) is 4.65. The average molecular weight is 255 g/mol. The fourth-order valence-corrected chi connectivity index (χ4v) is 2.42. The number of aryl methyl sites for hydroxylation is 2. The molecule has 0 aliphatic heterocycles. The minimum absolute atomic E-state index is 0.636. The standard InChI is InChI=1S/C14H23ClN2/c1-5-12(8-16-4)9-17-14-11(3)6-10(2)7-13(14)15/h6-7,12,16-17H,5,8-9H2,1-4H3. The fourth-order valence-electron chi connectivity index (χ4n) is 2.04. The van der Waals surface area contributed by atoms with Crippen molar-refractivity contribution < 1.29 is 0 Å². The van der Waals surface area contributed by atoms with E-state index in [0.29, 0.717) is 5.92 Å². The Morgan fingerprint density at radius 1 is 1.24 bits per heavy atom. The minimum Gasteiger partial charge on any atom is -0.383 e. The summed E-state index contributed by atoms with van der Waals surface area (Å²) in [5, 5.41) is 7.51. The van der Waals surface area contributed by atoms with E-state index in [9.17, 15) is 0 Å². The van der Waals surface area contributed by atoms with Gasteiger partial charge < -0.3 is 10.6 Å². The summed E-state index contributed by atoms with van der Waals surface area (Å²) in [6.07, 6.45) is 1.16. The molecule has 1 aromatic carbocycles. The summed E-state index contributed by atoms with van der Waals surface area (Å²) < 4.78 is 0. The maximum absolute atomic E-state index is 6.26. The highest BCUT2D eigenvalue weighted by atomic mass is 35.5. The lowest BCUT2D eigenvalue weighted by molar-refractivity contribution is 0.506. The second kappa shape index (κ2) is 6.87. The van der Waals surface area contributed by atoms with Gasteiger partial charge in [-0.2, -0.15) is 0 Å². The minimum atomic E-state index is 0.636. The van der Waals surface area contributed by atoms with E-state index in [1.54, 1.807) is 0 Å². The van der Waals surface area contributed by atoms with Gasteiger partial charge >= 0.3 is 0 Å². The monoisotopic (exact) mass is 254 g/mol. The van der Waals surface area contributed by atoms with Crippen LogP contribution in [0, 0.1) is 19.8 Å². The fraction of sp³-hybridized carbons (Fsp3) is 0.571. The molecule has 0 aliphatic rings. The maximum Gasteiger partial charge on any atom is 0.0642 e. The van der Waals surface area contributed by atoms with Crippen LogP contribution in [0.3, 0.4) is 0 Å². The molecule has 1 atom stereocenters. The van der Waals surface area contributed by atoms with Crippen LogP contribution < -0.4 is 10.6 Å². The van der Waals surface area contributed by atoms with Crippen molar-refractivity contribution in [3.63, 3.8) is 0 Å². The van der Waals surface area contributed by atoms with Crippen LogP contribution in [-0.2, 0) is 0 Å². The average Bonchev–Trinajstić information content (AvgIpc) is 2.26. The Labute approximate surface area is 110 Å². The molecule has 0 aliphatic carbocycles.